The molecule has 0 unspecified atom stereocenters. The minimum atomic E-state index is 0.439. The molecule has 0 spiro atoms. The number of aryl methyl sites for hydroxylation is 1. The van der Waals surface area contributed by atoms with Crippen LogP contribution in [0.1, 0.15) is 30.0 Å². The summed E-state index contributed by atoms with van der Waals surface area (Å²) in [5, 5.41) is 4.26. The van der Waals surface area contributed by atoms with E-state index in [1.165, 1.54) is 29.5 Å². The minimum Gasteiger partial charge on any atom is -0.486 e. The molecule has 5 nitrogen and oxygen atoms in total. The highest BCUT2D eigenvalue weighted by atomic mass is 16.6. The number of rotatable bonds is 4. The molecule has 28 heavy (non-hydrogen) atoms. The average molecular weight is 375 g/mol. The Bertz CT molecular complexity index is 964. The second kappa shape index (κ2) is 7.32. The quantitative estimate of drug-likeness (QED) is 0.685. The van der Waals surface area contributed by atoms with E-state index in [4.69, 9.17) is 9.47 Å². The Morgan fingerprint density at radius 1 is 1.00 bits per heavy atom. The maximum Gasteiger partial charge on any atom is 0.161 e. The lowest BCUT2D eigenvalue weighted by atomic mass is 10.0. The van der Waals surface area contributed by atoms with Gasteiger partial charge in [0.05, 0.1) is 6.20 Å². The number of aromatic nitrogens is 2. The second-order valence-corrected chi connectivity index (χ2v) is 7.63. The maximum absolute atomic E-state index is 5.78. The van der Waals surface area contributed by atoms with E-state index in [1.54, 1.807) is 0 Å². The molecule has 0 N–H and O–H groups in total. The minimum absolute atomic E-state index is 0.439. The first-order chi connectivity index (χ1) is 13.8. The van der Waals surface area contributed by atoms with Crippen LogP contribution in [0, 0.1) is 0 Å². The molecule has 0 amide bonds. The van der Waals surface area contributed by atoms with Gasteiger partial charge in [-0.15, -0.1) is 0 Å². The van der Waals surface area contributed by atoms with Gasteiger partial charge in [0.15, 0.2) is 11.5 Å². The topological polar surface area (TPSA) is 39.5 Å². The third kappa shape index (κ3) is 3.38. The summed E-state index contributed by atoms with van der Waals surface area (Å²) in [7, 11) is 1.95. The molecule has 2 aliphatic heterocycles. The van der Waals surface area contributed by atoms with Crippen LogP contribution in [0.25, 0.3) is 11.1 Å². The van der Waals surface area contributed by atoms with Crippen LogP contribution < -0.4 is 9.47 Å². The molecule has 144 valence electrons. The number of benzene rings is 2. The lowest BCUT2D eigenvalue weighted by molar-refractivity contribution is 0.170. The van der Waals surface area contributed by atoms with Crippen LogP contribution in [0.5, 0.6) is 11.5 Å². The molecule has 0 bridgehead atoms. The molecule has 3 heterocycles. The number of likely N-dealkylation sites (tertiary alicyclic amines) is 1. The van der Waals surface area contributed by atoms with E-state index in [-0.39, 0.29) is 0 Å². The van der Waals surface area contributed by atoms with Crippen molar-refractivity contribution in [3.8, 4) is 22.6 Å². The van der Waals surface area contributed by atoms with E-state index >= 15 is 0 Å². The van der Waals surface area contributed by atoms with Gasteiger partial charge in [0.2, 0.25) is 0 Å². The molecular weight excluding hydrogens is 350 g/mol. The summed E-state index contributed by atoms with van der Waals surface area (Å²) in [5.41, 5.74) is 5.04. The highest BCUT2D eigenvalue weighted by Gasteiger charge is 2.27. The smallest absolute Gasteiger partial charge is 0.161 e. The Hall–Kier alpha value is -2.79. The van der Waals surface area contributed by atoms with E-state index in [2.05, 4.69) is 52.5 Å². The fourth-order valence-corrected chi connectivity index (χ4v) is 4.27. The zero-order valence-corrected chi connectivity index (χ0v) is 16.2. The first-order valence-corrected chi connectivity index (χ1v) is 9.98. The van der Waals surface area contributed by atoms with E-state index in [0.717, 1.165) is 30.2 Å². The molecule has 1 fully saturated rings. The standard InChI is InChI=1S/C23H25N3O2/c1-25-16-20(14-24-25)18-6-4-17(5-7-18)15-26-10-2-3-21(26)19-8-9-22-23(13-19)28-12-11-27-22/h4-9,13-14,16,21H,2-3,10-12,15H2,1H3/t21-/m0/s1. The van der Waals surface area contributed by atoms with Crippen LogP contribution in [0.15, 0.2) is 54.9 Å². The molecule has 5 heteroatoms. The fraction of sp³-hybridized carbons (Fsp3) is 0.348. The fourth-order valence-electron chi connectivity index (χ4n) is 4.27. The normalized spacial score (nSPS) is 19.1. The van der Waals surface area contributed by atoms with Crippen LogP contribution in [0.4, 0.5) is 0 Å². The number of ether oxygens (including phenoxy) is 2. The lowest BCUT2D eigenvalue weighted by Crippen LogP contribution is -2.23. The van der Waals surface area contributed by atoms with E-state index in [1.807, 2.05) is 24.1 Å². The van der Waals surface area contributed by atoms with Gasteiger partial charge in [0.1, 0.15) is 13.2 Å². The molecule has 2 aromatic carbocycles. The van der Waals surface area contributed by atoms with Crippen molar-refractivity contribution in [3.63, 3.8) is 0 Å². The van der Waals surface area contributed by atoms with Crippen LogP contribution in [-0.2, 0) is 13.6 Å². The van der Waals surface area contributed by atoms with E-state index in [9.17, 15) is 0 Å². The Labute approximate surface area is 165 Å². The van der Waals surface area contributed by atoms with Crippen molar-refractivity contribution < 1.29 is 9.47 Å². The number of hydrogen-bond donors (Lipinski definition) is 0. The largest absolute Gasteiger partial charge is 0.486 e. The number of hydrogen-bond acceptors (Lipinski definition) is 4. The van der Waals surface area contributed by atoms with Gasteiger partial charge in [0, 0.05) is 31.4 Å². The van der Waals surface area contributed by atoms with Gasteiger partial charge in [-0.1, -0.05) is 30.3 Å². The van der Waals surface area contributed by atoms with Crippen LogP contribution in [-0.4, -0.2) is 34.4 Å². The summed E-state index contributed by atoms with van der Waals surface area (Å²) >= 11 is 0. The number of fused-ring (bicyclic) bond motifs is 1. The molecule has 0 radical (unpaired) electrons. The van der Waals surface area contributed by atoms with Crippen molar-refractivity contribution in [2.75, 3.05) is 19.8 Å². The van der Waals surface area contributed by atoms with E-state index < -0.39 is 0 Å². The predicted octanol–water partition coefficient (Wildman–Crippen LogP) is 4.20. The van der Waals surface area contributed by atoms with Gasteiger partial charge in [-0.2, -0.15) is 5.10 Å². The molecule has 5 rings (SSSR count). The number of nitrogens with zero attached hydrogens (tertiary/aromatic N) is 3. The van der Waals surface area contributed by atoms with Crippen molar-refractivity contribution in [2.45, 2.75) is 25.4 Å². The van der Waals surface area contributed by atoms with Gasteiger partial charge >= 0.3 is 0 Å². The summed E-state index contributed by atoms with van der Waals surface area (Å²) in [6, 6.07) is 15.7. The second-order valence-electron chi connectivity index (χ2n) is 7.63. The van der Waals surface area contributed by atoms with Gasteiger partial charge in [-0.3, -0.25) is 9.58 Å². The molecule has 2 aliphatic rings. The molecule has 1 aromatic heterocycles. The summed E-state index contributed by atoms with van der Waals surface area (Å²) in [6.45, 7) is 3.36. The molecule has 1 saturated heterocycles. The van der Waals surface area contributed by atoms with Gasteiger partial charge < -0.3 is 9.47 Å². The zero-order chi connectivity index (χ0) is 18.9. The molecule has 0 aliphatic carbocycles. The lowest BCUT2D eigenvalue weighted by Gasteiger charge is -2.26. The third-order valence-corrected chi connectivity index (χ3v) is 5.69. The summed E-state index contributed by atoms with van der Waals surface area (Å²) in [6.07, 6.45) is 6.38. The summed E-state index contributed by atoms with van der Waals surface area (Å²) in [5.74, 6) is 1.75. The Balaban J connectivity index is 1.32. The van der Waals surface area contributed by atoms with Crippen LogP contribution >= 0.6 is 0 Å². The Morgan fingerprint density at radius 2 is 1.82 bits per heavy atom. The summed E-state index contributed by atoms with van der Waals surface area (Å²) in [4.78, 5) is 2.57. The monoisotopic (exact) mass is 375 g/mol. The molecule has 1 atom stereocenters. The average Bonchev–Trinajstić information content (AvgIpc) is 3.37. The first kappa shape index (κ1) is 17.3. The van der Waals surface area contributed by atoms with Crippen molar-refractivity contribution in [3.05, 3.63) is 66.0 Å². The van der Waals surface area contributed by atoms with E-state index in [0.29, 0.717) is 19.3 Å². The SMILES string of the molecule is Cn1cc(-c2ccc(CN3CCC[C@H]3c3ccc4c(c3)OCCO4)cc2)cn1. The van der Waals surface area contributed by atoms with Crippen molar-refractivity contribution in [2.24, 2.45) is 7.05 Å². The maximum atomic E-state index is 5.78. The van der Waals surface area contributed by atoms with Crippen molar-refractivity contribution >= 4 is 0 Å². The van der Waals surface area contributed by atoms with Gasteiger partial charge in [0.25, 0.3) is 0 Å². The zero-order valence-electron chi connectivity index (χ0n) is 16.2. The molecule has 3 aromatic rings. The van der Waals surface area contributed by atoms with Gasteiger partial charge in [-0.25, -0.2) is 0 Å². The predicted molar refractivity (Wildman–Crippen MR) is 108 cm³/mol. The molecular formula is C23H25N3O2. The van der Waals surface area contributed by atoms with Gasteiger partial charge in [-0.05, 0) is 48.2 Å². The molecule has 0 saturated carbocycles. The summed E-state index contributed by atoms with van der Waals surface area (Å²) < 4.78 is 13.3. The Morgan fingerprint density at radius 3 is 2.61 bits per heavy atom. The highest BCUT2D eigenvalue weighted by Crippen LogP contribution is 2.38. The third-order valence-electron chi connectivity index (χ3n) is 5.69. The highest BCUT2D eigenvalue weighted by molar-refractivity contribution is 5.61. The first-order valence-electron chi connectivity index (χ1n) is 9.98. The Kier molecular flexibility index (Phi) is 4.53. The van der Waals surface area contributed by atoms with Crippen LogP contribution in [0.2, 0.25) is 0 Å². The van der Waals surface area contributed by atoms with Crippen molar-refractivity contribution in [1.29, 1.82) is 0 Å². The van der Waals surface area contributed by atoms with Crippen molar-refractivity contribution in [1.82, 2.24) is 14.7 Å². The van der Waals surface area contributed by atoms with Crippen LogP contribution in [0.3, 0.4) is 0 Å².